The maximum atomic E-state index is 5.04. The minimum absolute atomic E-state index is 0.162. The fourth-order valence-corrected chi connectivity index (χ4v) is 7.62. The maximum absolute atomic E-state index is 5.04. The van der Waals surface area contributed by atoms with Gasteiger partial charge in [0.25, 0.3) is 0 Å². The van der Waals surface area contributed by atoms with E-state index in [0.29, 0.717) is 0 Å². The molecule has 0 atom stereocenters. The number of benzene rings is 7. The van der Waals surface area contributed by atoms with Crippen LogP contribution in [-0.2, 0) is 5.41 Å². The third-order valence-electron chi connectivity index (χ3n) is 10.1. The van der Waals surface area contributed by atoms with Gasteiger partial charge in [-0.2, -0.15) is 0 Å². The Bertz CT molecular complexity index is 2420. The van der Waals surface area contributed by atoms with Crippen LogP contribution in [0.15, 0.2) is 170 Å². The topological polar surface area (TPSA) is 25.8 Å². The van der Waals surface area contributed by atoms with E-state index in [1.807, 2.05) is 12.1 Å². The molecular weight excluding hydrogens is 593 g/mol. The molecule has 1 heterocycles. The Morgan fingerprint density at radius 1 is 0.408 bits per heavy atom. The van der Waals surface area contributed by atoms with Gasteiger partial charge in [0.2, 0.25) is 0 Å². The first-order valence-electron chi connectivity index (χ1n) is 16.9. The molecule has 2 heteroatoms. The second-order valence-corrected chi connectivity index (χ2v) is 13.4. The minimum Gasteiger partial charge on any atom is -0.228 e. The van der Waals surface area contributed by atoms with Crippen LogP contribution in [0.3, 0.4) is 0 Å². The van der Waals surface area contributed by atoms with Crippen LogP contribution in [0.25, 0.3) is 78.1 Å². The van der Waals surface area contributed by atoms with Gasteiger partial charge in [0, 0.05) is 22.1 Å². The first-order valence-corrected chi connectivity index (χ1v) is 16.9. The zero-order valence-corrected chi connectivity index (χ0v) is 27.6. The number of nitrogens with zero attached hydrogens (tertiary/aromatic N) is 2. The summed E-state index contributed by atoms with van der Waals surface area (Å²) in [5, 5.41) is 2.61. The Morgan fingerprint density at radius 3 is 1.57 bits per heavy atom. The molecule has 0 bridgehead atoms. The van der Waals surface area contributed by atoms with Crippen LogP contribution in [0.4, 0.5) is 0 Å². The molecule has 2 nitrogen and oxygen atoms in total. The van der Waals surface area contributed by atoms with Crippen LogP contribution in [-0.4, -0.2) is 9.97 Å². The lowest BCUT2D eigenvalue weighted by atomic mass is 9.79. The molecule has 7 aromatic carbocycles. The summed E-state index contributed by atoms with van der Waals surface area (Å²) in [5.74, 6) is 0.720. The van der Waals surface area contributed by atoms with Gasteiger partial charge < -0.3 is 0 Å². The summed E-state index contributed by atoms with van der Waals surface area (Å²) in [6.45, 7) is 4.76. The molecule has 1 aromatic heterocycles. The van der Waals surface area contributed by atoms with Crippen LogP contribution >= 0.6 is 0 Å². The molecule has 0 radical (unpaired) electrons. The predicted octanol–water partition coefficient (Wildman–Crippen LogP) is 12.3. The molecule has 1 aliphatic rings. The zero-order valence-electron chi connectivity index (χ0n) is 27.6. The normalized spacial score (nSPS) is 12.9. The zero-order chi connectivity index (χ0) is 33.0. The molecule has 0 fully saturated rings. The van der Waals surface area contributed by atoms with E-state index in [1.165, 1.54) is 55.3 Å². The molecule has 232 valence electrons. The fraction of sp³-hybridized carbons (Fsp3) is 0.0638. The van der Waals surface area contributed by atoms with Crippen molar-refractivity contribution < 1.29 is 0 Å². The summed E-state index contributed by atoms with van der Waals surface area (Å²) >= 11 is 0. The molecule has 0 saturated carbocycles. The number of hydrogen-bond acceptors (Lipinski definition) is 2. The number of aromatic nitrogens is 2. The van der Waals surface area contributed by atoms with Gasteiger partial charge >= 0.3 is 0 Å². The van der Waals surface area contributed by atoms with E-state index in [1.54, 1.807) is 0 Å². The lowest BCUT2D eigenvalue weighted by Gasteiger charge is -2.24. The summed E-state index contributed by atoms with van der Waals surface area (Å²) in [4.78, 5) is 10.1. The molecule has 1 aliphatic carbocycles. The molecule has 0 amide bonds. The molecule has 0 N–H and O–H groups in total. The largest absolute Gasteiger partial charge is 0.228 e. The van der Waals surface area contributed by atoms with Gasteiger partial charge in [0.1, 0.15) is 0 Å². The van der Waals surface area contributed by atoms with Gasteiger partial charge in [-0.3, -0.25) is 0 Å². The summed E-state index contributed by atoms with van der Waals surface area (Å²) in [7, 11) is 0. The van der Waals surface area contributed by atoms with Crippen molar-refractivity contribution in [3.05, 3.63) is 181 Å². The molecule has 0 saturated heterocycles. The fourth-order valence-electron chi connectivity index (χ4n) is 7.62. The van der Waals surface area contributed by atoms with E-state index in [2.05, 4.69) is 172 Å². The van der Waals surface area contributed by atoms with Crippen molar-refractivity contribution in [1.29, 1.82) is 0 Å². The molecule has 49 heavy (non-hydrogen) atoms. The number of rotatable bonds is 5. The van der Waals surface area contributed by atoms with Gasteiger partial charge in [0.05, 0.1) is 11.4 Å². The molecule has 9 rings (SSSR count). The highest BCUT2D eigenvalue weighted by atomic mass is 14.9. The van der Waals surface area contributed by atoms with Gasteiger partial charge in [-0.05, 0) is 73.5 Å². The summed E-state index contributed by atoms with van der Waals surface area (Å²) in [6, 6.07) is 60.5. The Kier molecular flexibility index (Phi) is 6.84. The smallest absolute Gasteiger partial charge is 0.160 e. The van der Waals surface area contributed by atoms with Gasteiger partial charge in [-0.1, -0.05) is 166 Å². The van der Waals surface area contributed by atoms with Gasteiger partial charge in [-0.25, -0.2) is 9.97 Å². The molecule has 8 aromatic rings. The summed E-state index contributed by atoms with van der Waals surface area (Å²) in [5.41, 5.74) is 15.2. The molecule has 0 spiro atoms. The highest BCUT2D eigenvalue weighted by Crippen LogP contribution is 2.55. The second-order valence-electron chi connectivity index (χ2n) is 13.4. The average molecular weight is 627 g/mol. The average Bonchev–Trinajstić information content (AvgIpc) is 3.41. The first kappa shape index (κ1) is 29.1. The van der Waals surface area contributed by atoms with Crippen LogP contribution in [0, 0.1) is 0 Å². The SMILES string of the molecule is CC1(C)c2cc(-c3ccc(-c4nc(-c5ccccc5)cc(-c5ccccc5)n4)cc3)ccc2-c2c(-c3ccccc3)cc3ccccc3c21. The van der Waals surface area contributed by atoms with E-state index < -0.39 is 0 Å². The standard InChI is InChI=1S/C47H34N2/c1-47(2)41-29-36(26-27-39(41)44-40(32-14-6-3-7-15-32)28-37-20-12-13-21-38(37)45(44)47)31-22-24-35(25-23-31)46-48-42(33-16-8-4-9-17-33)30-43(49-46)34-18-10-5-11-19-34/h3-30H,1-2H3. The Balaban J connectivity index is 1.13. The number of hydrogen-bond donors (Lipinski definition) is 0. The van der Waals surface area contributed by atoms with Crippen molar-refractivity contribution in [2.75, 3.05) is 0 Å². The second kappa shape index (κ2) is 11.5. The van der Waals surface area contributed by atoms with Crippen LogP contribution in [0.1, 0.15) is 25.0 Å². The van der Waals surface area contributed by atoms with Gasteiger partial charge in [0.15, 0.2) is 5.82 Å². The third-order valence-corrected chi connectivity index (χ3v) is 10.1. The first-order chi connectivity index (χ1) is 24.0. The summed E-state index contributed by atoms with van der Waals surface area (Å²) in [6.07, 6.45) is 0. The van der Waals surface area contributed by atoms with E-state index in [-0.39, 0.29) is 5.41 Å². The predicted molar refractivity (Wildman–Crippen MR) is 204 cm³/mol. The van der Waals surface area contributed by atoms with Crippen LogP contribution in [0.5, 0.6) is 0 Å². The number of fused-ring (bicyclic) bond motifs is 5. The molecule has 0 aliphatic heterocycles. The van der Waals surface area contributed by atoms with Crippen LogP contribution in [0.2, 0.25) is 0 Å². The van der Waals surface area contributed by atoms with E-state index in [0.717, 1.165) is 33.9 Å². The van der Waals surface area contributed by atoms with Crippen LogP contribution < -0.4 is 0 Å². The monoisotopic (exact) mass is 626 g/mol. The quantitative estimate of drug-likeness (QED) is 0.190. The van der Waals surface area contributed by atoms with E-state index in [9.17, 15) is 0 Å². The van der Waals surface area contributed by atoms with Crippen molar-refractivity contribution >= 4 is 10.8 Å². The lowest BCUT2D eigenvalue weighted by molar-refractivity contribution is 0.666. The minimum atomic E-state index is -0.162. The molecule has 0 unspecified atom stereocenters. The van der Waals surface area contributed by atoms with Crippen molar-refractivity contribution in [2.45, 2.75) is 19.3 Å². The van der Waals surface area contributed by atoms with Crippen molar-refractivity contribution in [3.8, 4) is 67.3 Å². The Labute approximate surface area is 287 Å². The third kappa shape index (κ3) is 4.96. The Hall–Kier alpha value is -6.12. The Morgan fingerprint density at radius 2 is 0.939 bits per heavy atom. The van der Waals surface area contributed by atoms with Gasteiger partial charge in [-0.15, -0.1) is 0 Å². The highest BCUT2D eigenvalue weighted by molar-refractivity contribution is 6.05. The maximum Gasteiger partial charge on any atom is 0.160 e. The molecular formula is C47H34N2. The van der Waals surface area contributed by atoms with Crippen molar-refractivity contribution in [3.63, 3.8) is 0 Å². The van der Waals surface area contributed by atoms with E-state index in [4.69, 9.17) is 9.97 Å². The lowest BCUT2D eigenvalue weighted by Crippen LogP contribution is -2.15. The summed E-state index contributed by atoms with van der Waals surface area (Å²) < 4.78 is 0. The van der Waals surface area contributed by atoms with E-state index >= 15 is 0 Å². The highest BCUT2D eigenvalue weighted by Gasteiger charge is 2.38. The van der Waals surface area contributed by atoms with Crippen molar-refractivity contribution in [1.82, 2.24) is 9.97 Å². The van der Waals surface area contributed by atoms with Crippen molar-refractivity contribution in [2.24, 2.45) is 0 Å².